The molecule has 1 aromatic heterocycles. The highest BCUT2D eigenvalue weighted by Gasteiger charge is 2.12. The molecule has 62 valence electrons. The van der Waals surface area contributed by atoms with E-state index in [0.717, 1.165) is 22.7 Å². The molecule has 0 aliphatic carbocycles. The zero-order valence-electron chi connectivity index (χ0n) is 6.92. The summed E-state index contributed by atoms with van der Waals surface area (Å²) >= 11 is 1.74. The van der Waals surface area contributed by atoms with Crippen LogP contribution in [0.25, 0.3) is 5.70 Å². The number of nitrogens with one attached hydrogen (secondary N) is 1. The van der Waals surface area contributed by atoms with Crippen molar-refractivity contribution >= 4 is 28.4 Å². The van der Waals surface area contributed by atoms with Crippen LogP contribution in [-0.2, 0) is 6.42 Å². The Bertz CT molecular complexity index is 349. The van der Waals surface area contributed by atoms with Crippen molar-refractivity contribution in [2.75, 3.05) is 0 Å². The summed E-state index contributed by atoms with van der Waals surface area (Å²) < 4.78 is 0. The third-order valence-corrected chi connectivity index (χ3v) is 3.05. The van der Waals surface area contributed by atoms with Crippen LogP contribution in [0.1, 0.15) is 17.4 Å². The number of hydrogen-bond acceptors (Lipinski definition) is 3. The lowest BCUT2D eigenvalue weighted by molar-refractivity contribution is 1.18. The highest BCUT2D eigenvalue weighted by Crippen LogP contribution is 2.35. The van der Waals surface area contributed by atoms with Crippen LogP contribution >= 0.6 is 11.3 Å². The van der Waals surface area contributed by atoms with Crippen LogP contribution in [0, 0.1) is 0 Å². The summed E-state index contributed by atoms with van der Waals surface area (Å²) in [5, 5.41) is 4.08. The van der Waals surface area contributed by atoms with E-state index < -0.39 is 0 Å². The van der Waals surface area contributed by atoms with Crippen LogP contribution in [-0.4, -0.2) is 6.34 Å². The molecule has 1 N–H and O–H groups in total. The van der Waals surface area contributed by atoms with Crippen molar-refractivity contribution < 1.29 is 0 Å². The molecule has 1 aliphatic rings. The first-order valence-corrected chi connectivity index (χ1v) is 4.74. The molecule has 0 aromatic carbocycles. The summed E-state index contributed by atoms with van der Waals surface area (Å²) in [5.74, 6) is 0. The van der Waals surface area contributed by atoms with Crippen LogP contribution in [0.5, 0.6) is 0 Å². The van der Waals surface area contributed by atoms with E-state index in [1.165, 1.54) is 4.88 Å². The van der Waals surface area contributed by atoms with Gasteiger partial charge in [-0.05, 0) is 12.5 Å². The molecule has 0 radical (unpaired) electrons. The standard InChI is InChI=1S/C9H10N2S/c1-3-7-4-8-6(2)10-5-11-9(8)12-7/h4-5H,2-3H2,1H3,(H,10,11). The van der Waals surface area contributed by atoms with Gasteiger partial charge in [0.25, 0.3) is 0 Å². The molecule has 0 spiro atoms. The lowest BCUT2D eigenvalue weighted by atomic mass is 10.2. The van der Waals surface area contributed by atoms with Crippen molar-refractivity contribution in [2.24, 2.45) is 4.99 Å². The topological polar surface area (TPSA) is 24.4 Å². The molecule has 2 nitrogen and oxygen atoms in total. The lowest BCUT2D eigenvalue weighted by Gasteiger charge is -2.07. The minimum Gasteiger partial charge on any atom is -0.346 e. The smallest absolute Gasteiger partial charge is 0.127 e. The van der Waals surface area contributed by atoms with Gasteiger partial charge in [0.15, 0.2) is 0 Å². The average molecular weight is 178 g/mol. The number of aryl methyl sites for hydroxylation is 1. The molecule has 1 aromatic rings. The van der Waals surface area contributed by atoms with Gasteiger partial charge in [-0.2, -0.15) is 0 Å². The monoisotopic (exact) mass is 178 g/mol. The Morgan fingerprint density at radius 1 is 1.67 bits per heavy atom. The summed E-state index contributed by atoms with van der Waals surface area (Å²) in [4.78, 5) is 5.60. The Morgan fingerprint density at radius 2 is 2.50 bits per heavy atom. The van der Waals surface area contributed by atoms with Crippen molar-refractivity contribution in [3.63, 3.8) is 0 Å². The fourth-order valence-electron chi connectivity index (χ4n) is 1.16. The number of nitrogens with zero attached hydrogens (tertiary/aromatic N) is 1. The average Bonchev–Trinajstić information content (AvgIpc) is 2.49. The second-order valence-corrected chi connectivity index (χ2v) is 3.78. The molecule has 0 fully saturated rings. The third-order valence-electron chi connectivity index (χ3n) is 1.86. The molecule has 1 aliphatic heterocycles. The Labute approximate surface area is 75.6 Å². The summed E-state index contributed by atoms with van der Waals surface area (Å²) in [5.41, 5.74) is 2.11. The van der Waals surface area contributed by atoms with Crippen LogP contribution in [0.4, 0.5) is 5.00 Å². The second kappa shape index (κ2) is 2.75. The van der Waals surface area contributed by atoms with Crippen molar-refractivity contribution in [1.82, 2.24) is 5.32 Å². The van der Waals surface area contributed by atoms with Gasteiger partial charge in [0.2, 0.25) is 0 Å². The van der Waals surface area contributed by atoms with Crippen LogP contribution < -0.4 is 5.32 Å². The Kier molecular flexibility index (Phi) is 1.73. The normalized spacial score (nSPS) is 14.2. The van der Waals surface area contributed by atoms with E-state index in [1.54, 1.807) is 17.7 Å². The molecular formula is C9H10N2S. The van der Waals surface area contributed by atoms with E-state index in [-0.39, 0.29) is 0 Å². The summed E-state index contributed by atoms with van der Waals surface area (Å²) in [6.45, 7) is 6.06. The van der Waals surface area contributed by atoms with Gasteiger partial charge in [0, 0.05) is 16.1 Å². The van der Waals surface area contributed by atoms with E-state index in [9.17, 15) is 0 Å². The van der Waals surface area contributed by atoms with Gasteiger partial charge in [0.05, 0.1) is 6.34 Å². The van der Waals surface area contributed by atoms with E-state index in [4.69, 9.17) is 0 Å². The largest absolute Gasteiger partial charge is 0.346 e. The van der Waals surface area contributed by atoms with Gasteiger partial charge in [-0.25, -0.2) is 4.99 Å². The van der Waals surface area contributed by atoms with E-state index >= 15 is 0 Å². The molecule has 2 rings (SSSR count). The molecule has 0 bridgehead atoms. The first-order valence-electron chi connectivity index (χ1n) is 3.92. The van der Waals surface area contributed by atoms with Gasteiger partial charge >= 0.3 is 0 Å². The van der Waals surface area contributed by atoms with Gasteiger partial charge in [-0.1, -0.05) is 13.5 Å². The van der Waals surface area contributed by atoms with Gasteiger partial charge in [0.1, 0.15) is 5.00 Å². The number of aliphatic imine (C=N–C) groups is 1. The highest BCUT2D eigenvalue weighted by molar-refractivity contribution is 7.16. The number of thiophene rings is 1. The number of rotatable bonds is 1. The summed E-state index contributed by atoms with van der Waals surface area (Å²) in [7, 11) is 0. The van der Waals surface area contributed by atoms with Gasteiger partial charge < -0.3 is 5.32 Å². The van der Waals surface area contributed by atoms with Crippen molar-refractivity contribution in [3.05, 3.63) is 23.1 Å². The fourth-order valence-corrected chi connectivity index (χ4v) is 2.13. The van der Waals surface area contributed by atoms with E-state index in [1.807, 2.05) is 0 Å². The molecule has 0 atom stereocenters. The molecule has 0 unspecified atom stereocenters. The van der Waals surface area contributed by atoms with Crippen molar-refractivity contribution in [2.45, 2.75) is 13.3 Å². The second-order valence-electron chi connectivity index (χ2n) is 2.67. The van der Waals surface area contributed by atoms with Gasteiger partial charge in [-0.3, -0.25) is 0 Å². The maximum atomic E-state index is 4.23. The Hall–Kier alpha value is -1.09. The van der Waals surface area contributed by atoms with Crippen LogP contribution in [0.3, 0.4) is 0 Å². The van der Waals surface area contributed by atoms with Crippen LogP contribution in [0.15, 0.2) is 17.6 Å². The summed E-state index contributed by atoms with van der Waals surface area (Å²) in [6.07, 6.45) is 2.76. The molecule has 2 heterocycles. The molecular weight excluding hydrogens is 168 g/mol. The fraction of sp³-hybridized carbons (Fsp3) is 0.222. The molecule has 3 heteroatoms. The highest BCUT2D eigenvalue weighted by atomic mass is 32.1. The third kappa shape index (κ3) is 1.06. The first-order chi connectivity index (χ1) is 5.81. The molecule has 12 heavy (non-hydrogen) atoms. The molecule has 0 amide bonds. The summed E-state index contributed by atoms with van der Waals surface area (Å²) in [6, 6.07) is 2.16. The molecule has 0 saturated heterocycles. The first kappa shape index (κ1) is 7.55. The minimum absolute atomic E-state index is 0.955. The molecule has 0 saturated carbocycles. The Morgan fingerprint density at radius 3 is 3.17 bits per heavy atom. The number of fused-ring (bicyclic) bond motifs is 1. The lowest BCUT2D eigenvalue weighted by Crippen LogP contribution is -2.10. The predicted molar refractivity (Wildman–Crippen MR) is 54.0 cm³/mol. The quantitative estimate of drug-likeness (QED) is 0.702. The zero-order chi connectivity index (χ0) is 8.55. The van der Waals surface area contributed by atoms with Gasteiger partial charge in [-0.15, -0.1) is 11.3 Å². The predicted octanol–water partition coefficient (Wildman–Crippen LogP) is 2.54. The van der Waals surface area contributed by atoms with E-state index in [2.05, 4.69) is 29.9 Å². The maximum absolute atomic E-state index is 4.23. The minimum atomic E-state index is 0.955. The number of hydrogen-bond donors (Lipinski definition) is 1. The Balaban J connectivity index is 2.52. The van der Waals surface area contributed by atoms with Crippen molar-refractivity contribution in [3.8, 4) is 0 Å². The SMILES string of the molecule is C=C1NC=Nc2sc(CC)cc21. The van der Waals surface area contributed by atoms with Crippen LogP contribution in [0.2, 0.25) is 0 Å². The zero-order valence-corrected chi connectivity index (χ0v) is 7.74. The maximum Gasteiger partial charge on any atom is 0.127 e. The van der Waals surface area contributed by atoms with Crippen molar-refractivity contribution in [1.29, 1.82) is 0 Å². The van der Waals surface area contributed by atoms with E-state index in [0.29, 0.717) is 0 Å².